The zero-order chi connectivity index (χ0) is 16.1. The summed E-state index contributed by atoms with van der Waals surface area (Å²) in [6.07, 6.45) is 5.00. The summed E-state index contributed by atoms with van der Waals surface area (Å²) in [4.78, 5) is 22.2. The highest BCUT2D eigenvalue weighted by molar-refractivity contribution is 5.78. The fraction of sp³-hybridized carbons (Fsp3) is 0.312. The quantitative estimate of drug-likeness (QED) is 0.852. The fourth-order valence-corrected chi connectivity index (χ4v) is 2.36. The zero-order valence-corrected chi connectivity index (χ0v) is 12.8. The number of nitrogens with one attached hydrogen (secondary N) is 1. The molecule has 1 saturated heterocycles. The van der Waals surface area contributed by atoms with E-state index >= 15 is 0 Å². The van der Waals surface area contributed by atoms with Crippen LogP contribution in [0.2, 0.25) is 0 Å². The molecule has 1 aliphatic heterocycles. The Balaban J connectivity index is 1.43. The second-order valence-corrected chi connectivity index (χ2v) is 5.17. The normalized spacial score (nSPS) is 14.0. The lowest BCUT2D eigenvalue weighted by Gasteiger charge is -2.40. The first-order chi connectivity index (χ1) is 11.3. The standard InChI is InChI=1S/C16H18N4O3/c1-22-13-4-2-3-5-14(13)23-11-16(21)19-12-9-20(10-12)15-8-17-6-7-18-15/h2-8,12H,9-11H2,1H3,(H,19,21). The molecular weight excluding hydrogens is 296 g/mol. The van der Waals surface area contributed by atoms with E-state index < -0.39 is 0 Å². The number of benzene rings is 1. The van der Waals surface area contributed by atoms with Crippen molar-refractivity contribution in [2.45, 2.75) is 6.04 Å². The molecule has 1 aliphatic rings. The summed E-state index contributed by atoms with van der Waals surface area (Å²) in [7, 11) is 1.57. The van der Waals surface area contributed by atoms with E-state index in [2.05, 4.69) is 20.2 Å². The Bertz CT molecular complexity index is 659. The fourth-order valence-electron chi connectivity index (χ4n) is 2.36. The number of hydrogen-bond acceptors (Lipinski definition) is 6. The largest absolute Gasteiger partial charge is 0.493 e. The van der Waals surface area contributed by atoms with Crippen LogP contribution in [0.25, 0.3) is 0 Å². The average molecular weight is 314 g/mol. The van der Waals surface area contributed by atoms with E-state index in [4.69, 9.17) is 9.47 Å². The van der Waals surface area contributed by atoms with Crippen molar-refractivity contribution in [3.8, 4) is 11.5 Å². The number of nitrogens with zero attached hydrogens (tertiary/aromatic N) is 3. The van der Waals surface area contributed by atoms with Crippen LogP contribution in [0.15, 0.2) is 42.9 Å². The summed E-state index contributed by atoms with van der Waals surface area (Å²) in [5, 5.41) is 2.93. The molecule has 0 bridgehead atoms. The van der Waals surface area contributed by atoms with E-state index in [0.29, 0.717) is 11.5 Å². The molecule has 2 aromatic rings. The van der Waals surface area contributed by atoms with E-state index in [9.17, 15) is 4.79 Å². The molecule has 23 heavy (non-hydrogen) atoms. The molecule has 1 N–H and O–H groups in total. The Morgan fingerprint density at radius 1 is 1.30 bits per heavy atom. The van der Waals surface area contributed by atoms with Crippen molar-refractivity contribution in [2.75, 3.05) is 31.7 Å². The van der Waals surface area contributed by atoms with Crippen LogP contribution in [-0.2, 0) is 4.79 Å². The first-order valence-corrected chi connectivity index (χ1v) is 7.32. The van der Waals surface area contributed by atoms with Crippen molar-refractivity contribution in [3.05, 3.63) is 42.9 Å². The predicted molar refractivity (Wildman–Crippen MR) is 84.7 cm³/mol. The minimum Gasteiger partial charge on any atom is -0.493 e. The molecule has 3 rings (SSSR count). The van der Waals surface area contributed by atoms with Gasteiger partial charge in [-0.05, 0) is 12.1 Å². The molecule has 0 aliphatic carbocycles. The number of hydrogen-bond donors (Lipinski definition) is 1. The number of aromatic nitrogens is 2. The van der Waals surface area contributed by atoms with Gasteiger partial charge in [-0.1, -0.05) is 12.1 Å². The van der Waals surface area contributed by atoms with Gasteiger partial charge < -0.3 is 19.7 Å². The smallest absolute Gasteiger partial charge is 0.258 e. The summed E-state index contributed by atoms with van der Waals surface area (Å²) < 4.78 is 10.7. The SMILES string of the molecule is COc1ccccc1OCC(=O)NC1CN(c2cnccn2)C1. The van der Waals surface area contributed by atoms with Crippen LogP contribution in [0, 0.1) is 0 Å². The van der Waals surface area contributed by atoms with Crippen molar-refractivity contribution >= 4 is 11.7 Å². The van der Waals surface area contributed by atoms with Crippen molar-refractivity contribution in [2.24, 2.45) is 0 Å². The Hall–Kier alpha value is -2.83. The molecule has 1 amide bonds. The molecule has 0 radical (unpaired) electrons. The van der Waals surface area contributed by atoms with E-state index in [1.54, 1.807) is 37.8 Å². The van der Waals surface area contributed by atoms with Gasteiger partial charge in [0.25, 0.3) is 5.91 Å². The number of rotatable bonds is 6. The maximum atomic E-state index is 11.9. The van der Waals surface area contributed by atoms with Gasteiger partial charge in [-0.2, -0.15) is 0 Å². The van der Waals surface area contributed by atoms with Crippen molar-refractivity contribution in [1.82, 2.24) is 15.3 Å². The molecule has 0 unspecified atom stereocenters. The topological polar surface area (TPSA) is 76.6 Å². The summed E-state index contributed by atoms with van der Waals surface area (Å²) in [6.45, 7) is 1.40. The van der Waals surface area contributed by atoms with Gasteiger partial charge in [0.15, 0.2) is 18.1 Å². The van der Waals surface area contributed by atoms with Gasteiger partial charge in [-0.3, -0.25) is 9.78 Å². The maximum absolute atomic E-state index is 11.9. The maximum Gasteiger partial charge on any atom is 0.258 e. The number of carbonyl (C=O) groups excluding carboxylic acids is 1. The molecule has 2 heterocycles. The van der Waals surface area contributed by atoms with E-state index in [1.807, 2.05) is 12.1 Å². The number of methoxy groups -OCH3 is 1. The van der Waals surface area contributed by atoms with Crippen LogP contribution < -0.4 is 19.7 Å². The van der Waals surface area contributed by atoms with E-state index in [0.717, 1.165) is 18.9 Å². The monoisotopic (exact) mass is 314 g/mol. The first-order valence-electron chi connectivity index (χ1n) is 7.32. The Morgan fingerprint density at radius 2 is 2.09 bits per heavy atom. The average Bonchev–Trinajstić information content (AvgIpc) is 2.57. The van der Waals surface area contributed by atoms with Crippen molar-refractivity contribution < 1.29 is 14.3 Å². The molecule has 7 heteroatoms. The van der Waals surface area contributed by atoms with Gasteiger partial charge >= 0.3 is 0 Å². The minimum atomic E-state index is -0.153. The molecule has 1 aromatic heterocycles. The summed E-state index contributed by atoms with van der Waals surface area (Å²) >= 11 is 0. The van der Waals surface area contributed by atoms with Crippen LogP contribution >= 0.6 is 0 Å². The molecule has 120 valence electrons. The van der Waals surface area contributed by atoms with E-state index in [1.165, 1.54) is 0 Å². The first kappa shape index (κ1) is 15.1. The zero-order valence-electron chi connectivity index (χ0n) is 12.8. The lowest BCUT2D eigenvalue weighted by Crippen LogP contribution is -2.60. The Labute approximate surface area is 134 Å². The highest BCUT2D eigenvalue weighted by Crippen LogP contribution is 2.25. The van der Waals surface area contributed by atoms with E-state index in [-0.39, 0.29) is 18.6 Å². The predicted octanol–water partition coefficient (Wildman–Crippen LogP) is 0.869. The molecule has 0 saturated carbocycles. The van der Waals surface area contributed by atoms with Crippen LogP contribution in [0.5, 0.6) is 11.5 Å². The van der Waals surface area contributed by atoms with Crippen LogP contribution in [0.4, 0.5) is 5.82 Å². The van der Waals surface area contributed by atoms with Crippen molar-refractivity contribution in [1.29, 1.82) is 0 Å². The number of para-hydroxylation sites is 2. The van der Waals surface area contributed by atoms with Gasteiger partial charge in [-0.15, -0.1) is 0 Å². The number of ether oxygens (including phenoxy) is 2. The van der Waals surface area contributed by atoms with Crippen LogP contribution in [0.1, 0.15) is 0 Å². The number of carbonyl (C=O) groups is 1. The van der Waals surface area contributed by atoms with Gasteiger partial charge in [0, 0.05) is 25.5 Å². The third-order valence-corrected chi connectivity index (χ3v) is 3.55. The molecule has 1 aromatic carbocycles. The lowest BCUT2D eigenvalue weighted by molar-refractivity contribution is -0.124. The summed E-state index contributed by atoms with van der Waals surface area (Å²) in [6, 6.07) is 7.34. The van der Waals surface area contributed by atoms with Crippen LogP contribution in [-0.4, -0.2) is 48.7 Å². The summed E-state index contributed by atoms with van der Waals surface area (Å²) in [5.74, 6) is 1.83. The second-order valence-electron chi connectivity index (χ2n) is 5.17. The second kappa shape index (κ2) is 6.95. The third kappa shape index (κ3) is 3.68. The van der Waals surface area contributed by atoms with Gasteiger partial charge in [0.1, 0.15) is 5.82 Å². The van der Waals surface area contributed by atoms with Gasteiger partial charge in [0.2, 0.25) is 0 Å². The molecular formula is C16H18N4O3. The third-order valence-electron chi connectivity index (χ3n) is 3.55. The summed E-state index contributed by atoms with van der Waals surface area (Å²) in [5.41, 5.74) is 0. The van der Waals surface area contributed by atoms with Crippen LogP contribution in [0.3, 0.4) is 0 Å². The lowest BCUT2D eigenvalue weighted by atomic mass is 10.1. The van der Waals surface area contributed by atoms with Crippen molar-refractivity contribution in [3.63, 3.8) is 0 Å². The Morgan fingerprint density at radius 3 is 2.78 bits per heavy atom. The molecule has 0 spiro atoms. The van der Waals surface area contributed by atoms with Gasteiger partial charge in [-0.25, -0.2) is 4.98 Å². The molecule has 7 nitrogen and oxygen atoms in total. The Kier molecular flexibility index (Phi) is 4.56. The number of amides is 1. The minimum absolute atomic E-state index is 0.0397. The molecule has 0 atom stereocenters. The highest BCUT2D eigenvalue weighted by atomic mass is 16.5. The number of anilines is 1. The highest BCUT2D eigenvalue weighted by Gasteiger charge is 2.29. The van der Waals surface area contributed by atoms with Gasteiger partial charge in [0.05, 0.1) is 19.3 Å². The molecule has 1 fully saturated rings.